The molecule has 86 valence electrons. The SMILES string of the molecule is Cc1cc(C#N)cc(OC(C)CC(C)C)n1. The van der Waals surface area contributed by atoms with E-state index < -0.39 is 0 Å². The molecule has 0 aliphatic carbocycles. The third-order valence-corrected chi connectivity index (χ3v) is 2.18. The Bertz CT molecular complexity index is 393. The number of hydrogen-bond acceptors (Lipinski definition) is 3. The van der Waals surface area contributed by atoms with Crippen molar-refractivity contribution < 1.29 is 4.74 Å². The molecule has 1 unspecified atom stereocenters. The first-order valence-corrected chi connectivity index (χ1v) is 5.56. The number of aromatic nitrogens is 1. The van der Waals surface area contributed by atoms with E-state index in [9.17, 15) is 0 Å². The molecule has 0 amide bonds. The van der Waals surface area contributed by atoms with Crippen LogP contribution in [0.5, 0.6) is 5.88 Å². The van der Waals surface area contributed by atoms with E-state index in [1.165, 1.54) is 0 Å². The second-order valence-corrected chi connectivity index (χ2v) is 4.51. The molecule has 0 aliphatic rings. The first kappa shape index (κ1) is 12.5. The Morgan fingerprint density at radius 3 is 2.62 bits per heavy atom. The minimum atomic E-state index is 0.126. The van der Waals surface area contributed by atoms with Crippen LogP contribution < -0.4 is 4.74 Å². The average molecular weight is 218 g/mol. The monoisotopic (exact) mass is 218 g/mol. The molecule has 1 atom stereocenters. The minimum absolute atomic E-state index is 0.126. The van der Waals surface area contributed by atoms with Crippen molar-refractivity contribution >= 4 is 0 Å². The number of rotatable bonds is 4. The van der Waals surface area contributed by atoms with E-state index in [-0.39, 0.29) is 6.10 Å². The summed E-state index contributed by atoms with van der Waals surface area (Å²) in [5.74, 6) is 1.14. The van der Waals surface area contributed by atoms with Crippen molar-refractivity contribution in [2.75, 3.05) is 0 Å². The van der Waals surface area contributed by atoms with Gasteiger partial charge in [-0.15, -0.1) is 0 Å². The highest BCUT2D eigenvalue weighted by molar-refractivity contribution is 5.34. The fourth-order valence-electron chi connectivity index (χ4n) is 1.68. The van der Waals surface area contributed by atoms with E-state index in [1.807, 2.05) is 13.8 Å². The Labute approximate surface area is 97.1 Å². The molecular weight excluding hydrogens is 200 g/mol. The van der Waals surface area contributed by atoms with E-state index in [1.54, 1.807) is 12.1 Å². The molecule has 0 bridgehead atoms. The van der Waals surface area contributed by atoms with Crippen molar-refractivity contribution in [2.24, 2.45) is 5.92 Å². The van der Waals surface area contributed by atoms with Crippen LogP contribution in [0.25, 0.3) is 0 Å². The highest BCUT2D eigenvalue weighted by Crippen LogP contribution is 2.16. The predicted octanol–water partition coefficient (Wildman–Crippen LogP) is 3.08. The van der Waals surface area contributed by atoms with Crippen molar-refractivity contribution in [3.63, 3.8) is 0 Å². The number of ether oxygens (including phenoxy) is 1. The number of pyridine rings is 1. The van der Waals surface area contributed by atoms with E-state index >= 15 is 0 Å². The third-order valence-electron chi connectivity index (χ3n) is 2.18. The van der Waals surface area contributed by atoms with Gasteiger partial charge >= 0.3 is 0 Å². The van der Waals surface area contributed by atoms with E-state index in [0.29, 0.717) is 17.4 Å². The van der Waals surface area contributed by atoms with Gasteiger partial charge in [0.05, 0.1) is 17.7 Å². The first-order valence-electron chi connectivity index (χ1n) is 5.56. The second-order valence-electron chi connectivity index (χ2n) is 4.51. The van der Waals surface area contributed by atoms with Gasteiger partial charge in [0.15, 0.2) is 0 Å². The molecule has 0 aliphatic heterocycles. The molecule has 0 spiro atoms. The molecule has 0 radical (unpaired) electrons. The van der Waals surface area contributed by atoms with Gasteiger partial charge in [-0.3, -0.25) is 0 Å². The Kier molecular flexibility index (Phi) is 4.30. The Morgan fingerprint density at radius 1 is 1.38 bits per heavy atom. The van der Waals surface area contributed by atoms with Gasteiger partial charge in [-0.25, -0.2) is 4.98 Å². The lowest BCUT2D eigenvalue weighted by atomic mass is 10.1. The van der Waals surface area contributed by atoms with Gasteiger partial charge in [0.2, 0.25) is 5.88 Å². The van der Waals surface area contributed by atoms with Gasteiger partial charge in [0.1, 0.15) is 0 Å². The Balaban J connectivity index is 2.74. The molecule has 0 saturated carbocycles. The highest BCUT2D eigenvalue weighted by atomic mass is 16.5. The largest absolute Gasteiger partial charge is 0.475 e. The lowest BCUT2D eigenvalue weighted by Crippen LogP contribution is -2.15. The number of aryl methyl sites for hydroxylation is 1. The maximum Gasteiger partial charge on any atom is 0.215 e. The molecule has 0 fully saturated rings. The molecule has 0 aromatic carbocycles. The standard InChI is InChI=1S/C13H18N2O/c1-9(2)5-11(4)16-13-7-12(8-14)6-10(3)15-13/h6-7,9,11H,5H2,1-4H3. The van der Waals surface area contributed by atoms with Crippen molar-refractivity contribution in [1.29, 1.82) is 5.26 Å². The first-order chi connectivity index (χ1) is 7.51. The third kappa shape index (κ3) is 3.90. The minimum Gasteiger partial charge on any atom is -0.475 e. The maximum atomic E-state index is 8.83. The molecule has 1 heterocycles. The summed E-state index contributed by atoms with van der Waals surface area (Å²) in [5.41, 5.74) is 1.41. The Hall–Kier alpha value is -1.56. The lowest BCUT2D eigenvalue weighted by molar-refractivity contribution is 0.185. The molecule has 3 heteroatoms. The number of nitrogens with zero attached hydrogens (tertiary/aromatic N) is 2. The van der Waals surface area contributed by atoms with Crippen LogP contribution in [-0.2, 0) is 0 Å². The zero-order valence-electron chi connectivity index (χ0n) is 10.3. The van der Waals surface area contributed by atoms with Gasteiger partial charge in [-0.05, 0) is 32.3 Å². The van der Waals surface area contributed by atoms with Crippen LogP contribution in [0, 0.1) is 24.2 Å². The molecule has 1 aromatic rings. The molecule has 16 heavy (non-hydrogen) atoms. The quantitative estimate of drug-likeness (QED) is 0.780. The van der Waals surface area contributed by atoms with Crippen LogP contribution >= 0.6 is 0 Å². The lowest BCUT2D eigenvalue weighted by Gasteiger charge is -2.16. The summed E-state index contributed by atoms with van der Waals surface area (Å²) in [4.78, 5) is 4.26. The zero-order chi connectivity index (χ0) is 12.1. The highest BCUT2D eigenvalue weighted by Gasteiger charge is 2.08. The van der Waals surface area contributed by atoms with Gasteiger partial charge in [-0.1, -0.05) is 13.8 Å². The topological polar surface area (TPSA) is 45.9 Å². The molecule has 0 saturated heterocycles. The molecular formula is C13H18N2O. The van der Waals surface area contributed by atoms with Crippen molar-refractivity contribution in [2.45, 2.75) is 40.2 Å². The van der Waals surface area contributed by atoms with Crippen LogP contribution in [0.3, 0.4) is 0 Å². The van der Waals surface area contributed by atoms with Crippen LogP contribution in [0.1, 0.15) is 38.4 Å². The number of nitriles is 1. The molecule has 0 N–H and O–H groups in total. The second kappa shape index (κ2) is 5.50. The fourth-order valence-corrected chi connectivity index (χ4v) is 1.68. The zero-order valence-corrected chi connectivity index (χ0v) is 10.3. The van der Waals surface area contributed by atoms with Gasteiger partial charge in [0, 0.05) is 11.8 Å². The van der Waals surface area contributed by atoms with E-state index in [2.05, 4.69) is 24.9 Å². The van der Waals surface area contributed by atoms with Crippen molar-refractivity contribution in [1.82, 2.24) is 4.98 Å². The summed E-state index contributed by atoms with van der Waals surface area (Å²) in [6.07, 6.45) is 1.11. The maximum absolute atomic E-state index is 8.83. The van der Waals surface area contributed by atoms with Crippen LogP contribution in [0.15, 0.2) is 12.1 Å². The summed E-state index contributed by atoms with van der Waals surface area (Å²) in [7, 11) is 0. The molecule has 1 aromatic heterocycles. The smallest absolute Gasteiger partial charge is 0.215 e. The van der Waals surface area contributed by atoms with Crippen LogP contribution in [0.4, 0.5) is 0 Å². The predicted molar refractivity (Wildman–Crippen MR) is 63.2 cm³/mol. The normalized spacial score (nSPS) is 12.2. The van der Waals surface area contributed by atoms with Crippen molar-refractivity contribution in [3.05, 3.63) is 23.4 Å². The van der Waals surface area contributed by atoms with Gasteiger partial charge in [0.25, 0.3) is 0 Å². The summed E-state index contributed by atoms with van der Waals surface area (Å²) in [6, 6.07) is 5.54. The van der Waals surface area contributed by atoms with E-state index in [0.717, 1.165) is 12.1 Å². The number of hydrogen-bond donors (Lipinski definition) is 0. The van der Waals surface area contributed by atoms with Gasteiger partial charge < -0.3 is 4.74 Å². The van der Waals surface area contributed by atoms with Gasteiger partial charge in [-0.2, -0.15) is 5.26 Å². The summed E-state index contributed by atoms with van der Waals surface area (Å²) >= 11 is 0. The molecule has 1 rings (SSSR count). The summed E-state index contributed by atoms with van der Waals surface area (Å²) in [6.45, 7) is 8.20. The Morgan fingerprint density at radius 2 is 2.06 bits per heavy atom. The fraction of sp³-hybridized carbons (Fsp3) is 0.538. The van der Waals surface area contributed by atoms with Crippen LogP contribution in [-0.4, -0.2) is 11.1 Å². The van der Waals surface area contributed by atoms with Crippen LogP contribution in [0.2, 0.25) is 0 Å². The molecule has 3 nitrogen and oxygen atoms in total. The van der Waals surface area contributed by atoms with E-state index in [4.69, 9.17) is 10.00 Å². The summed E-state index contributed by atoms with van der Waals surface area (Å²) in [5, 5.41) is 8.83. The summed E-state index contributed by atoms with van der Waals surface area (Å²) < 4.78 is 5.69. The average Bonchev–Trinajstić information content (AvgIpc) is 2.14. The van der Waals surface area contributed by atoms with Crippen molar-refractivity contribution in [3.8, 4) is 11.9 Å².